The van der Waals surface area contributed by atoms with Crippen molar-refractivity contribution in [1.82, 2.24) is 15.0 Å². The molecule has 1 aromatic carbocycles. The zero-order chi connectivity index (χ0) is 17.9. The first-order valence-electron chi connectivity index (χ1n) is 7.95. The second-order valence-corrected chi connectivity index (χ2v) is 5.38. The lowest BCUT2D eigenvalue weighted by molar-refractivity contribution is 0.0230. The number of carbonyl (C=O) groups is 1. The number of nitrogens with zero attached hydrogens (tertiary/aromatic N) is 6. The summed E-state index contributed by atoms with van der Waals surface area (Å²) in [5.41, 5.74) is 9.68. The Hall–Kier alpha value is -2.74. The van der Waals surface area contributed by atoms with Crippen LogP contribution in [0.4, 0.5) is 0 Å². The van der Waals surface area contributed by atoms with E-state index in [1.54, 1.807) is 0 Å². The van der Waals surface area contributed by atoms with E-state index < -0.39 is 6.10 Å². The maximum Gasteiger partial charge on any atom is 0.172 e. The van der Waals surface area contributed by atoms with Crippen molar-refractivity contribution >= 4 is 6.29 Å². The number of hydrogen-bond acceptors (Lipinski definition) is 6. The number of carbonyl (C=O) groups excluding carboxylic acids is 1. The lowest BCUT2D eigenvalue weighted by Crippen LogP contribution is -2.15. The molecule has 1 atom stereocenters. The van der Waals surface area contributed by atoms with Crippen molar-refractivity contribution < 1.29 is 14.6 Å². The monoisotopic (exact) mass is 344 g/mol. The number of unbranched alkanes of at least 4 members (excludes halogenated alkanes) is 1. The maximum atomic E-state index is 11.1. The first-order valence-corrected chi connectivity index (χ1v) is 7.95. The highest BCUT2D eigenvalue weighted by molar-refractivity contribution is 5.73. The van der Waals surface area contributed by atoms with Gasteiger partial charge < -0.3 is 9.84 Å². The summed E-state index contributed by atoms with van der Waals surface area (Å²) in [6.07, 6.45) is 0.932. The van der Waals surface area contributed by atoms with Crippen LogP contribution < -0.4 is 0 Å². The highest BCUT2D eigenvalue weighted by Crippen LogP contribution is 2.17. The smallest absolute Gasteiger partial charge is 0.172 e. The quantitative estimate of drug-likeness (QED) is 0.220. The molecule has 25 heavy (non-hydrogen) atoms. The van der Waals surface area contributed by atoms with Gasteiger partial charge in [0.15, 0.2) is 12.0 Å². The van der Waals surface area contributed by atoms with Gasteiger partial charge in [-0.3, -0.25) is 4.79 Å². The van der Waals surface area contributed by atoms with Crippen LogP contribution in [-0.2, 0) is 17.9 Å². The Morgan fingerprint density at radius 2 is 2.16 bits per heavy atom. The predicted octanol–water partition coefficient (Wildman–Crippen LogP) is 2.43. The van der Waals surface area contributed by atoms with E-state index in [4.69, 9.17) is 10.3 Å². The molecular formula is C16H20N6O3. The number of aliphatic hydroxyl groups excluding tert-OH is 1. The van der Waals surface area contributed by atoms with E-state index in [2.05, 4.69) is 20.3 Å². The Kier molecular flexibility index (Phi) is 7.58. The molecule has 0 saturated carbocycles. The van der Waals surface area contributed by atoms with E-state index in [0.717, 1.165) is 5.56 Å². The minimum Gasteiger partial charge on any atom is -0.384 e. The average Bonchev–Trinajstić information content (AvgIpc) is 3.05. The first kappa shape index (κ1) is 18.6. The molecule has 0 aliphatic heterocycles. The zero-order valence-corrected chi connectivity index (χ0v) is 13.7. The summed E-state index contributed by atoms with van der Waals surface area (Å²) in [4.78, 5) is 13.8. The number of aldehydes is 1. The number of aryl methyl sites for hydroxylation is 1. The molecule has 0 spiro atoms. The molecule has 1 unspecified atom stereocenters. The fraction of sp³-hybridized carbons (Fsp3) is 0.438. The molecule has 0 fully saturated rings. The van der Waals surface area contributed by atoms with E-state index in [-0.39, 0.29) is 12.3 Å². The largest absolute Gasteiger partial charge is 0.384 e. The van der Waals surface area contributed by atoms with Gasteiger partial charge in [-0.2, -0.15) is 0 Å². The van der Waals surface area contributed by atoms with Gasteiger partial charge in [0.25, 0.3) is 0 Å². The fourth-order valence-corrected chi connectivity index (χ4v) is 2.36. The molecule has 2 aromatic rings. The normalized spacial score (nSPS) is 11.7. The van der Waals surface area contributed by atoms with Crippen LogP contribution in [0, 0.1) is 0 Å². The molecule has 1 heterocycles. The zero-order valence-electron chi connectivity index (χ0n) is 13.7. The lowest BCUT2D eigenvalue weighted by atomic mass is 10.2. The Balaban J connectivity index is 1.92. The van der Waals surface area contributed by atoms with Gasteiger partial charge >= 0.3 is 0 Å². The molecule has 0 aliphatic rings. The third-order valence-electron chi connectivity index (χ3n) is 3.56. The van der Waals surface area contributed by atoms with Crippen LogP contribution in [0.5, 0.6) is 0 Å². The van der Waals surface area contributed by atoms with Crippen molar-refractivity contribution in [3.63, 3.8) is 0 Å². The van der Waals surface area contributed by atoms with Gasteiger partial charge in [-0.15, -0.1) is 5.10 Å². The molecule has 1 aromatic heterocycles. The molecule has 9 heteroatoms. The van der Waals surface area contributed by atoms with Gasteiger partial charge in [-0.05, 0) is 23.9 Å². The Morgan fingerprint density at radius 3 is 2.88 bits per heavy atom. The van der Waals surface area contributed by atoms with Gasteiger partial charge in [0.1, 0.15) is 11.8 Å². The van der Waals surface area contributed by atoms with Crippen LogP contribution in [0.1, 0.15) is 40.7 Å². The molecule has 2 rings (SSSR count). The maximum absolute atomic E-state index is 11.1. The summed E-state index contributed by atoms with van der Waals surface area (Å²) >= 11 is 0. The Morgan fingerprint density at radius 1 is 1.36 bits per heavy atom. The molecule has 0 saturated heterocycles. The minimum absolute atomic E-state index is 0.0296. The lowest BCUT2D eigenvalue weighted by Gasteiger charge is -2.13. The van der Waals surface area contributed by atoms with Crippen LogP contribution >= 0.6 is 0 Å². The Bertz CT molecular complexity index is 712. The summed E-state index contributed by atoms with van der Waals surface area (Å²) in [6.45, 7) is 1.25. The van der Waals surface area contributed by atoms with E-state index in [9.17, 15) is 9.90 Å². The summed E-state index contributed by atoms with van der Waals surface area (Å²) in [5.74, 6) is 0. The van der Waals surface area contributed by atoms with Crippen molar-refractivity contribution in [2.75, 3.05) is 13.2 Å². The van der Waals surface area contributed by atoms with Crippen molar-refractivity contribution in [3.8, 4) is 0 Å². The highest BCUT2D eigenvalue weighted by atomic mass is 16.5. The van der Waals surface area contributed by atoms with E-state index in [1.807, 2.05) is 30.3 Å². The van der Waals surface area contributed by atoms with Crippen LogP contribution in [0.25, 0.3) is 10.4 Å². The average molecular weight is 344 g/mol. The summed E-state index contributed by atoms with van der Waals surface area (Å²) in [7, 11) is 0. The Labute approximate surface area is 144 Å². The van der Waals surface area contributed by atoms with Crippen LogP contribution in [0.3, 0.4) is 0 Å². The summed E-state index contributed by atoms with van der Waals surface area (Å²) in [5, 5.41) is 21.5. The SMILES string of the molecule is [N-]=[N+]=NCCCCn1nnc(C=O)c1C(O)COCc1ccccc1. The first-order chi connectivity index (χ1) is 12.3. The van der Waals surface area contributed by atoms with Gasteiger partial charge in [0.05, 0.1) is 13.2 Å². The van der Waals surface area contributed by atoms with Crippen molar-refractivity contribution in [1.29, 1.82) is 0 Å². The molecular weight excluding hydrogens is 324 g/mol. The number of ether oxygens (including phenoxy) is 1. The van der Waals surface area contributed by atoms with Gasteiger partial charge in [-0.25, -0.2) is 4.68 Å². The van der Waals surface area contributed by atoms with Crippen LogP contribution in [-0.4, -0.2) is 39.5 Å². The van der Waals surface area contributed by atoms with Crippen LogP contribution in [0.15, 0.2) is 35.4 Å². The third-order valence-corrected chi connectivity index (χ3v) is 3.56. The van der Waals surface area contributed by atoms with Crippen LogP contribution in [0.2, 0.25) is 0 Å². The molecule has 1 N–H and O–H groups in total. The standard InChI is InChI=1S/C16H20N6O3/c17-20-18-8-4-5-9-22-16(14(10-23)19-21-22)15(24)12-25-11-13-6-2-1-3-7-13/h1-3,6-7,10,15,24H,4-5,8-9,11-12H2. The topological polar surface area (TPSA) is 126 Å². The second-order valence-electron chi connectivity index (χ2n) is 5.38. The number of aromatic nitrogens is 3. The van der Waals surface area contributed by atoms with Gasteiger partial charge in [0, 0.05) is 18.0 Å². The predicted molar refractivity (Wildman–Crippen MR) is 89.7 cm³/mol. The fourth-order valence-electron chi connectivity index (χ4n) is 2.36. The van der Waals surface area contributed by atoms with Crippen molar-refractivity contribution in [2.24, 2.45) is 5.11 Å². The number of aliphatic hydroxyl groups is 1. The van der Waals surface area contributed by atoms with Gasteiger partial charge in [0.2, 0.25) is 0 Å². The van der Waals surface area contributed by atoms with E-state index >= 15 is 0 Å². The van der Waals surface area contributed by atoms with E-state index in [1.165, 1.54) is 4.68 Å². The number of azide groups is 1. The molecule has 0 radical (unpaired) electrons. The minimum atomic E-state index is -1.00. The summed E-state index contributed by atoms with van der Waals surface area (Å²) < 4.78 is 7.02. The molecule has 132 valence electrons. The van der Waals surface area contributed by atoms with Crippen molar-refractivity contribution in [2.45, 2.75) is 32.1 Å². The van der Waals surface area contributed by atoms with E-state index in [0.29, 0.717) is 44.5 Å². The highest BCUT2D eigenvalue weighted by Gasteiger charge is 2.20. The van der Waals surface area contributed by atoms with Crippen molar-refractivity contribution in [3.05, 3.63) is 57.7 Å². The number of rotatable bonds is 11. The summed E-state index contributed by atoms with van der Waals surface area (Å²) in [6, 6.07) is 9.60. The molecule has 9 nitrogen and oxygen atoms in total. The number of benzene rings is 1. The molecule has 0 bridgehead atoms. The second kappa shape index (κ2) is 10.2. The number of hydrogen-bond donors (Lipinski definition) is 1. The molecule has 0 aliphatic carbocycles. The molecule has 0 amide bonds. The van der Waals surface area contributed by atoms with Gasteiger partial charge in [-0.1, -0.05) is 40.7 Å². The third kappa shape index (κ3) is 5.68.